The van der Waals surface area contributed by atoms with Gasteiger partial charge in [0.15, 0.2) is 0 Å². The van der Waals surface area contributed by atoms with Crippen molar-refractivity contribution < 1.29 is 9.53 Å². The fourth-order valence-corrected chi connectivity index (χ4v) is 3.20. The summed E-state index contributed by atoms with van der Waals surface area (Å²) < 4.78 is 5.69. The summed E-state index contributed by atoms with van der Waals surface area (Å²) in [5.41, 5.74) is 7.92. The molecule has 1 aliphatic rings. The third kappa shape index (κ3) is 4.43. The first kappa shape index (κ1) is 16.7. The number of rotatable bonds is 6. The monoisotopic (exact) mass is 324 g/mol. The SMILES string of the molecule is NC(=O)[C@@H]1CCC(N(Cc2ccccc2)Cc2ccccc2)CO1. The van der Waals surface area contributed by atoms with Crippen molar-refractivity contribution in [3.8, 4) is 0 Å². The van der Waals surface area contributed by atoms with Gasteiger partial charge in [0.05, 0.1) is 6.61 Å². The molecule has 4 nitrogen and oxygen atoms in total. The summed E-state index contributed by atoms with van der Waals surface area (Å²) >= 11 is 0. The van der Waals surface area contributed by atoms with E-state index in [-0.39, 0.29) is 5.91 Å². The first-order valence-corrected chi connectivity index (χ1v) is 8.45. The number of ether oxygens (including phenoxy) is 1. The lowest BCUT2D eigenvalue weighted by Crippen LogP contribution is -2.45. The zero-order chi connectivity index (χ0) is 16.8. The van der Waals surface area contributed by atoms with E-state index in [0.29, 0.717) is 19.1 Å². The van der Waals surface area contributed by atoms with E-state index in [0.717, 1.165) is 19.5 Å². The Hall–Kier alpha value is -2.17. The van der Waals surface area contributed by atoms with Crippen molar-refractivity contribution in [3.05, 3.63) is 71.8 Å². The molecule has 24 heavy (non-hydrogen) atoms. The molecule has 126 valence electrons. The van der Waals surface area contributed by atoms with Gasteiger partial charge >= 0.3 is 0 Å². The summed E-state index contributed by atoms with van der Waals surface area (Å²) in [4.78, 5) is 13.7. The average molecular weight is 324 g/mol. The minimum absolute atomic E-state index is 0.293. The van der Waals surface area contributed by atoms with Gasteiger partial charge in [-0.1, -0.05) is 60.7 Å². The van der Waals surface area contributed by atoms with E-state index in [1.54, 1.807) is 0 Å². The lowest BCUT2D eigenvalue weighted by atomic mass is 10.0. The Morgan fingerprint density at radius 1 is 0.958 bits per heavy atom. The van der Waals surface area contributed by atoms with Crippen LogP contribution < -0.4 is 5.73 Å². The number of amides is 1. The smallest absolute Gasteiger partial charge is 0.246 e. The molecule has 0 radical (unpaired) electrons. The van der Waals surface area contributed by atoms with Crippen LogP contribution in [0.1, 0.15) is 24.0 Å². The molecule has 0 aliphatic carbocycles. The molecule has 1 saturated heterocycles. The molecular weight excluding hydrogens is 300 g/mol. The third-order valence-electron chi connectivity index (χ3n) is 4.54. The molecule has 1 unspecified atom stereocenters. The van der Waals surface area contributed by atoms with Crippen molar-refractivity contribution in [2.45, 2.75) is 38.1 Å². The van der Waals surface area contributed by atoms with E-state index in [9.17, 15) is 4.79 Å². The third-order valence-corrected chi connectivity index (χ3v) is 4.54. The Labute approximate surface area is 143 Å². The van der Waals surface area contributed by atoms with Crippen LogP contribution in [-0.2, 0) is 22.6 Å². The second-order valence-electron chi connectivity index (χ2n) is 6.33. The van der Waals surface area contributed by atoms with Gasteiger partial charge in [-0.2, -0.15) is 0 Å². The number of nitrogens with two attached hydrogens (primary N) is 1. The van der Waals surface area contributed by atoms with Crippen LogP contribution in [0, 0.1) is 0 Å². The molecule has 1 aliphatic heterocycles. The zero-order valence-corrected chi connectivity index (χ0v) is 13.8. The molecule has 0 bridgehead atoms. The van der Waals surface area contributed by atoms with Crippen molar-refractivity contribution in [1.82, 2.24) is 4.90 Å². The summed E-state index contributed by atoms with van der Waals surface area (Å²) in [6, 6.07) is 21.2. The van der Waals surface area contributed by atoms with Gasteiger partial charge in [-0.25, -0.2) is 0 Å². The minimum atomic E-state index is -0.434. The fraction of sp³-hybridized carbons (Fsp3) is 0.350. The van der Waals surface area contributed by atoms with Gasteiger partial charge < -0.3 is 10.5 Å². The Bertz CT molecular complexity index is 596. The Morgan fingerprint density at radius 3 is 1.92 bits per heavy atom. The first-order valence-electron chi connectivity index (χ1n) is 8.45. The van der Waals surface area contributed by atoms with E-state index < -0.39 is 6.10 Å². The number of benzene rings is 2. The molecule has 1 heterocycles. The van der Waals surface area contributed by atoms with E-state index in [4.69, 9.17) is 10.5 Å². The highest BCUT2D eigenvalue weighted by Crippen LogP contribution is 2.22. The minimum Gasteiger partial charge on any atom is -0.367 e. The molecule has 2 atom stereocenters. The van der Waals surface area contributed by atoms with Gasteiger partial charge in [0.1, 0.15) is 6.10 Å². The van der Waals surface area contributed by atoms with Crippen molar-refractivity contribution in [2.24, 2.45) is 5.73 Å². The van der Waals surface area contributed by atoms with Gasteiger partial charge in [-0.3, -0.25) is 9.69 Å². The van der Waals surface area contributed by atoms with Crippen molar-refractivity contribution in [2.75, 3.05) is 6.61 Å². The summed E-state index contributed by atoms with van der Waals surface area (Å²) in [6.45, 7) is 2.28. The van der Waals surface area contributed by atoms with E-state index in [2.05, 4.69) is 53.4 Å². The standard InChI is InChI=1S/C20H24N2O2/c21-20(23)19-12-11-18(15-24-19)22(13-16-7-3-1-4-8-16)14-17-9-5-2-6-10-17/h1-10,18-19H,11-15H2,(H2,21,23)/t18?,19-/m0/s1. The molecule has 2 N–H and O–H groups in total. The molecule has 2 aromatic carbocycles. The second kappa shape index (κ2) is 8.08. The maximum atomic E-state index is 11.3. The fourth-order valence-electron chi connectivity index (χ4n) is 3.20. The number of carbonyl (C=O) groups is 1. The van der Waals surface area contributed by atoms with Crippen LogP contribution in [0.15, 0.2) is 60.7 Å². The lowest BCUT2D eigenvalue weighted by Gasteiger charge is -2.36. The van der Waals surface area contributed by atoms with Crippen LogP contribution in [0.4, 0.5) is 0 Å². The Kier molecular flexibility index (Phi) is 5.62. The highest BCUT2D eigenvalue weighted by molar-refractivity contribution is 5.78. The molecule has 2 aromatic rings. The molecule has 0 saturated carbocycles. The largest absolute Gasteiger partial charge is 0.367 e. The van der Waals surface area contributed by atoms with Crippen LogP contribution in [-0.4, -0.2) is 29.6 Å². The second-order valence-corrected chi connectivity index (χ2v) is 6.33. The van der Waals surface area contributed by atoms with Crippen LogP contribution in [0.5, 0.6) is 0 Å². The lowest BCUT2D eigenvalue weighted by molar-refractivity contribution is -0.135. The van der Waals surface area contributed by atoms with E-state index in [1.807, 2.05) is 12.1 Å². The predicted molar refractivity (Wildman–Crippen MR) is 94.1 cm³/mol. The highest BCUT2D eigenvalue weighted by Gasteiger charge is 2.29. The van der Waals surface area contributed by atoms with Gasteiger partial charge in [-0.05, 0) is 24.0 Å². The predicted octanol–water partition coefficient (Wildman–Crippen LogP) is 2.72. The average Bonchev–Trinajstić information content (AvgIpc) is 2.63. The highest BCUT2D eigenvalue weighted by atomic mass is 16.5. The summed E-state index contributed by atoms with van der Waals surface area (Å²) in [5, 5.41) is 0. The van der Waals surface area contributed by atoms with Gasteiger partial charge in [0.25, 0.3) is 0 Å². The Balaban J connectivity index is 1.71. The molecule has 0 aromatic heterocycles. The molecule has 1 fully saturated rings. The maximum Gasteiger partial charge on any atom is 0.246 e. The van der Waals surface area contributed by atoms with Crippen LogP contribution in [0.3, 0.4) is 0 Å². The topological polar surface area (TPSA) is 55.6 Å². The summed E-state index contributed by atoms with van der Waals surface area (Å²) in [7, 11) is 0. The summed E-state index contributed by atoms with van der Waals surface area (Å²) in [5.74, 6) is -0.355. The number of hydrogen-bond donors (Lipinski definition) is 1. The number of carbonyl (C=O) groups excluding carboxylic acids is 1. The van der Waals surface area contributed by atoms with Gasteiger partial charge in [0.2, 0.25) is 5.91 Å². The molecule has 1 amide bonds. The van der Waals surface area contributed by atoms with Crippen LogP contribution in [0.2, 0.25) is 0 Å². The number of primary amides is 1. The molecule has 0 spiro atoms. The van der Waals surface area contributed by atoms with E-state index >= 15 is 0 Å². The van der Waals surface area contributed by atoms with Crippen molar-refractivity contribution >= 4 is 5.91 Å². The van der Waals surface area contributed by atoms with Crippen LogP contribution >= 0.6 is 0 Å². The van der Waals surface area contributed by atoms with Gasteiger partial charge in [0, 0.05) is 19.1 Å². The van der Waals surface area contributed by atoms with Crippen molar-refractivity contribution in [1.29, 1.82) is 0 Å². The quantitative estimate of drug-likeness (QED) is 0.889. The maximum absolute atomic E-state index is 11.3. The van der Waals surface area contributed by atoms with Crippen molar-refractivity contribution in [3.63, 3.8) is 0 Å². The van der Waals surface area contributed by atoms with Crippen LogP contribution in [0.25, 0.3) is 0 Å². The molecule has 3 rings (SSSR count). The number of nitrogens with zero attached hydrogens (tertiary/aromatic N) is 1. The first-order chi connectivity index (χ1) is 11.7. The summed E-state index contributed by atoms with van der Waals surface area (Å²) in [6.07, 6.45) is 1.18. The van der Waals surface area contributed by atoms with E-state index in [1.165, 1.54) is 11.1 Å². The normalized spacial score (nSPS) is 20.9. The zero-order valence-electron chi connectivity index (χ0n) is 13.8. The Morgan fingerprint density at radius 2 is 1.50 bits per heavy atom. The molecular formula is C20H24N2O2. The molecule has 4 heteroatoms. The number of hydrogen-bond acceptors (Lipinski definition) is 3. The van der Waals surface area contributed by atoms with Gasteiger partial charge in [-0.15, -0.1) is 0 Å².